The van der Waals surface area contributed by atoms with E-state index < -0.39 is 5.54 Å². The maximum absolute atomic E-state index is 12.2. The third-order valence-corrected chi connectivity index (χ3v) is 5.03. The zero-order valence-electron chi connectivity index (χ0n) is 12.2. The van der Waals surface area contributed by atoms with Gasteiger partial charge >= 0.3 is 0 Å². The summed E-state index contributed by atoms with van der Waals surface area (Å²) in [6.07, 6.45) is 6.66. The normalized spacial score (nSPS) is 34.5. The van der Waals surface area contributed by atoms with E-state index in [-0.39, 0.29) is 18.4 Å². The van der Waals surface area contributed by atoms with E-state index in [0.717, 1.165) is 45.1 Å². The predicted molar refractivity (Wildman–Crippen MR) is 74.1 cm³/mol. The Labute approximate surface area is 120 Å². The van der Waals surface area contributed by atoms with E-state index in [9.17, 15) is 9.59 Å². The number of nitrogens with zero attached hydrogens (tertiary/aromatic N) is 1. The predicted octanol–water partition coefficient (Wildman–Crippen LogP) is 1.07. The molecule has 2 amide bonds. The van der Waals surface area contributed by atoms with Crippen molar-refractivity contribution < 1.29 is 14.3 Å². The maximum Gasteiger partial charge on any atom is 0.246 e. The quantitative estimate of drug-likeness (QED) is 0.819. The molecule has 0 aromatic heterocycles. The van der Waals surface area contributed by atoms with E-state index in [1.165, 1.54) is 0 Å². The van der Waals surface area contributed by atoms with Gasteiger partial charge in [0.15, 0.2) is 0 Å². The molecule has 0 spiro atoms. The largest absolute Gasteiger partial charge is 0.378 e. The van der Waals surface area contributed by atoms with Crippen molar-refractivity contribution in [2.75, 3.05) is 19.7 Å². The van der Waals surface area contributed by atoms with Crippen molar-refractivity contribution >= 4 is 11.8 Å². The third kappa shape index (κ3) is 2.43. The van der Waals surface area contributed by atoms with E-state index in [0.29, 0.717) is 18.6 Å². The first kappa shape index (κ1) is 13.9. The second kappa shape index (κ2) is 5.35. The fourth-order valence-corrected chi connectivity index (χ4v) is 3.57. The molecule has 2 saturated heterocycles. The molecular formula is C15H24N2O3. The van der Waals surface area contributed by atoms with Crippen LogP contribution in [0, 0.1) is 5.92 Å². The van der Waals surface area contributed by atoms with Gasteiger partial charge in [0, 0.05) is 13.2 Å². The van der Waals surface area contributed by atoms with Crippen LogP contribution in [-0.4, -0.2) is 48.1 Å². The monoisotopic (exact) mass is 280 g/mol. The van der Waals surface area contributed by atoms with Crippen LogP contribution in [0.5, 0.6) is 0 Å². The lowest BCUT2D eigenvalue weighted by molar-refractivity contribution is -0.154. The van der Waals surface area contributed by atoms with Crippen LogP contribution in [0.3, 0.4) is 0 Å². The molecule has 3 fully saturated rings. The molecule has 5 heteroatoms. The Morgan fingerprint density at radius 1 is 1.35 bits per heavy atom. The minimum absolute atomic E-state index is 0.0247. The molecule has 1 aliphatic carbocycles. The molecule has 2 atom stereocenters. The average Bonchev–Trinajstić information content (AvgIpc) is 3.17. The van der Waals surface area contributed by atoms with Crippen molar-refractivity contribution in [3.8, 4) is 0 Å². The number of rotatable bonds is 5. The fourth-order valence-electron chi connectivity index (χ4n) is 3.57. The molecule has 1 saturated carbocycles. The Kier molecular flexibility index (Phi) is 3.71. The van der Waals surface area contributed by atoms with Crippen LogP contribution in [0.15, 0.2) is 0 Å². The summed E-state index contributed by atoms with van der Waals surface area (Å²) in [5.41, 5.74) is -0.619. The second-order valence-electron chi connectivity index (χ2n) is 6.43. The highest BCUT2D eigenvalue weighted by Crippen LogP contribution is 2.44. The summed E-state index contributed by atoms with van der Waals surface area (Å²) in [5, 5.41) is 2.75. The summed E-state index contributed by atoms with van der Waals surface area (Å²) in [5.74, 6) is 0.428. The lowest BCUT2D eigenvalue weighted by atomic mass is 9.89. The van der Waals surface area contributed by atoms with E-state index in [1.54, 1.807) is 0 Å². The highest BCUT2D eigenvalue weighted by Gasteiger charge is 2.54. The SMILES string of the molecule is CC1(C2CC2)C(=O)NCC(=O)N1CCCC1CCCO1. The number of carbonyl (C=O) groups excluding carboxylic acids is 2. The second-order valence-corrected chi connectivity index (χ2v) is 6.43. The number of amides is 2. The topological polar surface area (TPSA) is 58.6 Å². The number of nitrogens with one attached hydrogen (secondary N) is 1. The molecule has 20 heavy (non-hydrogen) atoms. The van der Waals surface area contributed by atoms with Gasteiger partial charge in [-0.2, -0.15) is 0 Å². The molecular weight excluding hydrogens is 256 g/mol. The number of ether oxygens (including phenoxy) is 1. The minimum atomic E-state index is -0.619. The van der Waals surface area contributed by atoms with Crippen molar-refractivity contribution in [3.05, 3.63) is 0 Å². The maximum atomic E-state index is 12.2. The molecule has 3 rings (SSSR count). The van der Waals surface area contributed by atoms with Crippen LogP contribution in [0.1, 0.15) is 45.4 Å². The third-order valence-electron chi connectivity index (χ3n) is 5.03. The number of hydrogen-bond donors (Lipinski definition) is 1. The van der Waals surface area contributed by atoms with Gasteiger partial charge in [-0.05, 0) is 51.4 Å². The lowest BCUT2D eigenvalue weighted by Gasteiger charge is -2.44. The molecule has 3 aliphatic rings. The van der Waals surface area contributed by atoms with Crippen molar-refractivity contribution in [3.63, 3.8) is 0 Å². The van der Waals surface area contributed by atoms with Gasteiger partial charge in [-0.25, -0.2) is 0 Å². The van der Waals surface area contributed by atoms with Crippen molar-refractivity contribution in [1.82, 2.24) is 10.2 Å². The summed E-state index contributed by atoms with van der Waals surface area (Å²) in [6.45, 7) is 3.64. The van der Waals surface area contributed by atoms with Crippen LogP contribution < -0.4 is 5.32 Å². The van der Waals surface area contributed by atoms with Crippen molar-refractivity contribution in [2.45, 2.75) is 57.1 Å². The Hall–Kier alpha value is -1.10. The number of hydrogen-bond acceptors (Lipinski definition) is 3. The first-order valence-corrected chi connectivity index (χ1v) is 7.82. The van der Waals surface area contributed by atoms with E-state index in [4.69, 9.17) is 4.74 Å². The van der Waals surface area contributed by atoms with Gasteiger partial charge in [0.05, 0.1) is 12.6 Å². The highest BCUT2D eigenvalue weighted by atomic mass is 16.5. The van der Waals surface area contributed by atoms with Gasteiger partial charge in [-0.15, -0.1) is 0 Å². The molecule has 1 N–H and O–H groups in total. The molecule has 2 heterocycles. The Morgan fingerprint density at radius 2 is 2.15 bits per heavy atom. The van der Waals surface area contributed by atoms with Crippen LogP contribution in [-0.2, 0) is 14.3 Å². The van der Waals surface area contributed by atoms with Gasteiger partial charge in [0.1, 0.15) is 5.54 Å². The van der Waals surface area contributed by atoms with Gasteiger partial charge in [-0.3, -0.25) is 9.59 Å². The van der Waals surface area contributed by atoms with Gasteiger partial charge in [-0.1, -0.05) is 0 Å². The molecule has 0 aromatic carbocycles. The lowest BCUT2D eigenvalue weighted by Crippen LogP contribution is -2.67. The first-order valence-electron chi connectivity index (χ1n) is 7.82. The summed E-state index contributed by atoms with van der Waals surface area (Å²) in [4.78, 5) is 26.3. The molecule has 2 unspecified atom stereocenters. The summed E-state index contributed by atoms with van der Waals surface area (Å²) >= 11 is 0. The number of piperazine rings is 1. The van der Waals surface area contributed by atoms with Crippen LogP contribution in [0.25, 0.3) is 0 Å². The summed E-state index contributed by atoms with van der Waals surface area (Å²) < 4.78 is 5.62. The molecule has 0 bridgehead atoms. The Morgan fingerprint density at radius 3 is 2.80 bits per heavy atom. The smallest absolute Gasteiger partial charge is 0.246 e. The Balaban J connectivity index is 1.61. The zero-order chi connectivity index (χ0) is 14.2. The number of carbonyl (C=O) groups is 2. The van der Waals surface area contributed by atoms with Gasteiger partial charge in [0.2, 0.25) is 11.8 Å². The molecule has 2 aliphatic heterocycles. The molecule has 0 radical (unpaired) electrons. The van der Waals surface area contributed by atoms with Crippen molar-refractivity contribution in [2.24, 2.45) is 5.92 Å². The minimum Gasteiger partial charge on any atom is -0.378 e. The Bertz CT molecular complexity index is 402. The highest BCUT2D eigenvalue weighted by molar-refractivity contribution is 5.98. The van der Waals surface area contributed by atoms with Crippen LogP contribution >= 0.6 is 0 Å². The van der Waals surface area contributed by atoms with Crippen LogP contribution in [0.2, 0.25) is 0 Å². The van der Waals surface area contributed by atoms with Gasteiger partial charge in [0.25, 0.3) is 0 Å². The zero-order valence-corrected chi connectivity index (χ0v) is 12.2. The van der Waals surface area contributed by atoms with Gasteiger partial charge < -0.3 is 15.0 Å². The van der Waals surface area contributed by atoms with Crippen LogP contribution in [0.4, 0.5) is 0 Å². The fraction of sp³-hybridized carbons (Fsp3) is 0.867. The van der Waals surface area contributed by atoms with E-state index in [2.05, 4.69) is 5.32 Å². The molecule has 112 valence electrons. The average molecular weight is 280 g/mol. The van der Waals surface area contributed by atoms with Crippen molar-refractivity contribution in [1.29, 1.82) is 0 Å². The standard InChI is InChI=1S/C15H24N2O3/c1-15(11-6-7-11)14(19)16-10-13(18)17(15)8-2-4-12-5-3-9-20-12/h11-12H,2-10H2,1H3,(H,16,19). The first-order chi connectivity index (χ1) is 9.62. The molecule has 0 aromatic rings. The van der Waals surface area contributed by atoms with E-state index >= 15 is 0 Å². The van der Waals surface area contributed by atoms with E-state index in [1.807, 2.05) is 11.8 Å². The molecule has 5 nitrogen and oxygen atoms in total. The summed E-state index contributed by atoms with van der Waals surface area (Å²) in [6, 6.07) is 0. The summed E-state index contributed by atoms with van der Waals surface area (Å²) in [7, 11) is 0.